The lowest BCUT2D eigenvalue weighted by atomic mass is 10.2. The van der Waals surface area contributed by atoms with E-state index in [2.05, 4.69) is 15.4 Å². The monoisotopic (exact) mass is 432 g/mol. The number of hydrogen-bond acceptors (Lipinski definition) is 3. The van der Waals surface area contributed by atoms with Crippen molar-refractivity contribution in [3.05, 3.63) is 57.2 Å². The fourth-order valence-electron chi connectivity index (χ4n) is 1.73. The lowest BCUT2D eigenvalue weighted by Gasteiger charge is -2.10. The minimum atomic E-state index is -0.833. The SMILES string of the molecule is COC(=O)Nc1cc(NC(=O)c2ccc(F)cc2I)ccc1F. The molecule has 0 heterocycles. The second kappa shape index (κ2) is 7.36. The number of carbonyl (C=O) groups excluding carboxylic acids is 2. The average Bonchev–Trinajstić information content (AvgIpc) is 2.50. The molecule has 0 fully saturated rings. The second-order valence-electron chi connectivity index (χ2n) is 4.39. The largest absolute Gasteiger partial charge is 0.453 e. The highest BCUT2D eigenvalue weighted by Gasteiger charge is 2.13. The molecule has 2 amide bonds. The fourth-order valence-corrected chi connectivity index (χ4v) is 2.45. The number of ether oxygens (including phenoxy) is 1. The summed E-state index contributed by atoms with van der Waals surface area (Å²) >= 11 is 1.84. The summed E-state index contributed by atoms with van der Waals surface area (Å²) in [4.78, 5) is 23.3. The van der Waals surface area contributed by atoms with Gasteiger partial charge in [0, 0.05) is 9.26 Å². The Kier molecular flexibility index (Phi) is 5.48. The van der Waals surface area contributed by atoms with Crippen molar-refractivity contribution in [1.29, 1.82) is 0 Å². The van der Waals surface area contributed by atoms with Gasteiger partial charge in [0.1, 0.15) is 11.6 Å². The number of methoxy groups -OCH3 is 1. The van der Waals surface area contributed by atoms with Crippen LogP contribution in [0.2, 0.25) is 0 Å². The summed E-state index contributed by atoms with van der Waals surface area (Å²) in [6, 6.07) is 7.43. The van der Waals surface area contributed by atoms with Crippen molar-refractivity contribution >= 4 is 46.0 Å². The van der Waals surface area contributed by atoms with Gasteiger partial charge in [-0.3, -0.25) is 10.1 Å². The maximum Gasteiger partial charge on any atom is 0.411 e. The van der Waals surface area contributed by atoms with E-state index in [0.29, 0.717) is 3.57 Å². The van der Waals surface area contributed by atoms with Gasteiger partial charge in [0.2, 0.25) is 0 Å². The summed E-state index contributed by atoms with van der Waals surface area (Å²) in [6.07, 6.45) is -0.833. The van der Waals surface area contributed by atoms with Crippen molar-refractivity contribution in [1.82, 2.24) is 0 Å². The molecule has 0 unspecified atom stereocenters. The molecule has 0 bridgehead atoms. The zero-order valence-corrected chi connectivity index (χ0v) is 14.0. The van der Waals surface area contributed by atoms with Crippen LogP contribution in [0.15, 0.2) is 36.4 Å². The molecule has 0 aromatic heterocycles. The van der Waals surface area contributed by atoms with Gasteiger partial charge in [-0.15, -0.1) is 0 Å². The summed E-state index contributed by atoms with van der Waals surface area (Å²) in [7, 11) is 1.15. The molecule has 0 radical (unpaired) electrons. The first-order chi connectivity index (χ1) is 10.9. The van der Waals surface area contributed by atoms with Gasteiger partial charge in [-0.05, 0) is 59.0 Å². The van der Waals surface area contributed by atoms with Gasteiger partial charge in [-0.25, -0.2) is 13.6 Å². The third-order valence-corrected chi connectivity index (χ3v) is 3.71. The van der Waals surface area contributed by atoms with Gasteiger partial charge >= 0.3 is 6.09 Å². The number of nitrogens with one attached hydrogen (secondary N) is 2. The van der Waals surface area contributed by atoms with E-state index >= 15 is 0 Å². The van der Waals surface area contributed by atoms with Crippen LogP contribution in [-0.2, 0) is 4.74 Å². The smallest absolute Gasteiger partial charge is 0.411 e. The molecular weight excluding hydrogens is 421 g/mol. The van der Waals surface area contributed by atoms with E-state index in [1.54, 1.807) is 0 Å². The van der Waals surface area contributed by atoms with Crippen LogP contribution in [-0.4, -0.2) is 19.1 Å². The van der Waals surface area contributed by atoms with Crippen LogP contribution in [0.4, 0.5) is 25.0 Å². The number of amides is 2. The summed E-state index contributed by atoms with van der Waals surface area (Å²) < 4.78 is 31.5. The van der Waals surface area contributed by atoms with Crippen LogP contribution in [0.1, 0.15) is 10.4 Å². The van der Waals surface area contributed by atoms with Crippen molar-refractivity contribution in [3.63, 3.8) is 0 Å². The molecule has 0 aliphatic heterocycles. The molecule has 0 saturated heterocycles. The average molecular weight is 432 g/mol. The molecule has 0 atom stereocenters. The van der Waals surface area contributed by atoms with Crippen LogP contribution in [0, 0.1) is 15.2 Å². The lowest BCUT2D eigenvalue weighted by Crippen LogP contribution is -2.15. The lowest BCUT2D eigenvalue weighted by molar-refractivity contribution is 0.102. The maximum atomic E-state index is 13.6. The Labute approximate surface area is 144 Å². The molecule has 2 aromatic carbocycles. The minimum Gasteiger partial charge on any atom is -0.453 e. The molecule has 2 aromatic rings. The van der Waals surface area contributed by atoms with Gasteiger partial charge in [-0.1, -0.05) is 0 Å². The first-order valence-corrected chi connectivity index (χ1v) is 7.39. The van der Waals surface area contributed by atoms with Crippen LogP contribution < -0.4 is 10.6 Å². The number of halogens is 3. The van der Waals surface area contributed by atoms with E-state index in [4.69, 9.17) is 0 Å². The second-order valence-corrected chi connectivity index (χ2v) is 5.55. The first kappa shape index (κ1) is 17.1. The molecule has 23 heavy (non-hydrogen) atoms. The zero-order valence-electron chi connectivity index (χ0n) is 11.8. The predicted molar refractivity (Wildman–Crippen MR) is 89.5 cm³/mol. The van der Waals surface area contributed by atoms with Crippen molar-refractivity contribution < 1.29 is 23.1 Å². The van der Waals surface area contributed by atoms with E-state index in [-0.39, 0.29) is 16.9 Å². The summed E-state index contributed by atoms with van der Waals surface area (Å²) in [5, 5.41) is 4.75. The van der Waals surface area contributed by atoms with Crippen molar-refractivity contribution in [2.45, 2.75) is 0 Å². The summed E-state index contributed by atoms with van der Waals surface area (Å²) in [5.41, 5.74) is 0.408. The molecule has 0 aliphatic carbocycles. The topological polar surface area (TPSA) is 67.4 Å². The Bertz CT molecular complexity index is 768. The van der Waals surface area contributed by atoms with Gasteiger partial charge in [0.25, 0.3) is 5.91 Å². The third kappa shape index (κ3) is 4.38. The molecular formula is C15H11F2IN2O3. The molecule has 0 aliphatic rings. The van der Waals surface area contributed by atoms with Gasteiger partial charge in [0.05, 0.1) is 18.4 Å². The standard InChI is InChI=1S/C15H11F2IN2O3/c1-23-15(22)20-13-7-9(3-5-11(13)17)19-14(21)10-4-2-8(16)6-12(10)18/h2-7H,1H3,(H,19,21)(H,20,22). The molecule has 120 valence electrons. The molecule has 0 spiro atoms. The maximum absolute atomic E-state index is 13.6. The van der Waals surface area contributed by atoms with Gasteiger partial charge < -0.3 is 10.1 Å². The van der Waals surface area contributed by atoms with Crippen molar-refractivity contribution in [3.8, 4) is 0 Å². The van der Waals surface area contributed by atoms with Gasteiger partial charge in [0.15, 0.2) is 0 Å². The first-order valence-electron chi connectivity index (χ1n) is 6.31. The predicted octanol–water partition coefficient (Wildman–Crippen LogP) is 4.00. The number of benzene rings is 2. The molecule has 0 saturated carbocycles. The molecule has 2 rings (SSSR count). The Hall–Kier alpha value is -2.23. The number of rotatable bonds is 3. The number of carbonyl (C=O) groups is 2. The molecule has 8 heteroatoms. The van der Waals surface area contributed by atoms with E-state index in [1.807, 2.05) is 22.6 Å². The highest BCUT2D eigenvalue weighted by atomic mass is 127. The minimum absolute atomic E-state index is 0.136. The quantitative estimate of drug-likeness (QED) is 0.721. The Morgan fingerprint density at radius 2 is 1.83 bits per heavy atom. The van der Waals surface area contributed by atoms with Crippen LogP contribution in [0.5, 0.6) is 0 Å². The summed E-state index contributed by atoms with van der Waals surface area (Å²) in [5.74, 6) is -1.60. The van der Waals surface area contributed by atoms with Crippen molar-refractivity contribution in [2.75, 3.05) is 17.7 Å². The Morgan fingerprint density at radius 3 is 2.48 bits per heavy atom. The normalized spacial score (nSPS) is 10.1. The van der Waals surface area contributed by atoms with E-state index in [0.717, 1.165) is 13.2 Å². The number of anilines is 2. The molecule has 2 N–H and O–H groups in total. The summed E-state index contributed by atoms with van der Waals surface area (Å²) in [6.45, 7) is 0. The highest BCUT2D eigenvalue weighted by Crippen LogP contribution is 2.21. The van der Waals surface area contributed by atoms with Crippen LogP contribution in [0.3, 0.4) is 0 Å². The van der Waals surface area contributed by atoms with E-state index < -0.39 is 23.6 Å². The van der Waals surface area contributed by atoms with Gasteiger partial charge in [-0.2, -0.15) is 0 Å². The van der Waals surface area contributed by atoms with E-state index in [9.17, 15) is 18.4 Å². The third-order valence-electron chi connectivity index (χ3n) is 2.82. The zero-order chi connectivity index (χ0) is 17.0. The number of hydrogen-bond donors (Lipinski definition) is 2. The molecule has 5 nitrogen and oxygen atoms in total. The Morgan fingerprint density at radius 1 is 1.09 bits per heavy atom. The highest BCUT2D eigenvalue weighted by molar-refractivity contribution is 14.1. The van der Waals surface area contributed by atoms with Crippen LogP contribution >= 0.6 is 22.6 Å². The van der Waals surface area contributed by atoms with E-state index in [1.165, 1.54) is 30.3 Å². The fraction of sp³-hybridized carbons (Fsp3) is 0.0667. The van der Waals surface area contributed by atoms with Crippen molar-refractivity contribution in [2.24, 2.45) is 0 Å². The Balaban J connectivity index is 2.21. The van der Waals surface area contributed by atoms with Crippen LogP contribution in [0.25, 0.3) is 0 Å².